The van der Waals surface area contributed by atoms with E-state index in [-0.39, 0.29) is 17.5 Å². The van der Waals surface area contributed by atoms with E-state index in [1.165, 1.54) is 0 Å². The third kappa shape index (κ3) is 4.89. The molecule has 9 nitrogen and oxygen atoms in total. The number of anilines is 1. The van der Waals surface area contributed by atoms with Crippen LogP contribution in [0.5, 0.6) is 0 Å². The van der Waals surface area contributed by atoms with E-state index in [0.717, 1.165) is 61.4 Å². The number of hydrogen-bond acceptors (Lipinski definition) is 7. The Bertz CT molecular complexity index is 1200. The van der Waals surface area contributed by atoms with Crippen molar-refractivity contribution in [1.82, 2.24) is 25.2 Å². The van der Waals surface area contributed by atoms with Gasteiger partial charge >= 0.3 is 0 Å². The van der Waals surface area contributed by atoms with Crippen molar-refractivity contribution in [2.45, 2.75) is 25.9 Å². The zero-order valence-corrected chi connectivity index (χ0v) is 18.7. The summed E-state index contributed by atoms with van der Waals surface area (Å²) in [7, 11) is 0. The van der Waals surface area contributed by atoms with Gasteiger partial charge in [-0.15, -0.1) is 0 Å². The molecule has 2 aliphatic heterocycles. The number of amides is 1. The van der Waals surface area contributed by atoms with E-state index in [4.69, 9.17) is 4.74 Å². The lowest BCUT2D eigenvalue weighted by Crippen LogP contribution is -2.46. The van der Waals surface area contributed by atoms with Gasteiger partial charge in [-0.1, -0.05) is 0 Å². The molecule has 2 fully saturated rings. The molecule has 5 rings (SSSR count). The van der Waals surface area contributed by atoms with Gasteiger partial charge in [-0.2, -0.15) is 0 Å². The Morgan fingerprint density at radius 3 is 2.76 bits per heavy atom. The Labute approximate surface area is 191 Å². The highest BCUT2D eigenvalue weighted by Crippen LogP contribution is 2.18. The number of aryl methyl sites for hydroxylation is 1. The SMILES string of the molecule is Cc1cc2ncc(CN3CCN(c4ccc(C(=O)N[C@@H]5CCOC5)nc4)CC3)cc2[nH]c1=O. The van der Waals surface area contributed by atoms with Crippen LogP contribution in [-0.4, -0.2) is 71.2 Å². The number of nitrogens with zero attached hydrogens (tertiary/aromatic N) is 4. The van der Waals surface area contributed by atoms with Crippen LogP contribution in [0.25, 0.3) is 11.0 Å². The van der Waals surface area contributed by atoms with Crippen LogP contribution in [0.3, 0.4) is 0 Å². The summed E-state index contributed by atoms with van der Waals surface area (Å²) in [6.07, 6.45) is 4.51. The summed E-state index contributed by atoms with van der Waals surface area (Å²) in [4.78, 5) is 40.7. The second kappa shape index (κ2) is 9.29. The molecule has 2 N–H and O–H groups in total. The summed E-state index contributed by atoms with van der Waals surface area (Å²) >= 11 is 0. The first-order valence-electron chi connectivity index (χ1n) is 11.4. The first-order chi connectivity index (χ1) is 16.0. The van der Waals surface area contributed by atoms with Crippen molar-refractivity contribution in [2.24, 2.45) is 0 Å². The van der Waals surface area contributed by atoms with Crippen molar-refractivity contribution >= 4 is 22.6 Å². The number of piperazine rings is 1. The summed E-state index contributed by atoms with van der Waals surface area (Å²) in [6.45, 7) is 7.42. The third-order valence-corrected chi connectivity index (χ3v) is 6.32. The van der Waals surface area contributed by atoms with Crippen molar-refractivity contribution < 1.29 is 9.53 Å². The van der Waals surface area contributed by atoms with Gasteiger partial charge < -0.3 is 19.9 Å². The molecule has 1 amide bonds. The van der Waals surface area contributed by atoms with Crippen LogP contribution in [0.2, 0.25) is 0 Å². The molecular weight excluding hydrogens is 420 g/mol. The summed E-state index contributed by atoms with van der Waals surface area (Å²) in [5, 5.41) is 2.97. The number of carbonyl (C=O) groups is 1. The van der Waals surface area contributed by atoms with Gasteiger partial charge in [0.05, 0.1) is 35.6 Å². The highest BCUT2D eigenvalue weighted by atomic mass is 16.5. The van der Waals surface area contributed by atoms with Crippen LogP contribution in [0.4, 0.5) is 5.69 Å². The van der Waals surface area contributed by atoms with Crippen molar-refractivity contribution in [3.8, 4) is 0 Å². The molecule has 0 aliphatic carbocycles. The van der Waals surface area contributed by atoms with Crippen molar-refractivity contribution in [3.05, 3.63) is 63.8 Å². The van der Waals surface area contributed by atoms with Crippen molar-refractivity contribution in [3.63, 3.8) is 0 Å². The second-order valence-corrected chi connectivity index (χ2v) is 8.76. The zero-order chi connectivity index (χ0) is 22.8. The van der Waals surface area contributed by atoms with Gasteiger partial charge in [0.15, 0.2) is 0 Å². The molecule has 2 saturated heterocycles. The maximum Gasteiger partial charge on any atom is 0.270 e. The molecule has 0 aromatic carbocycles. The molecule has 0 spiro atoms. The summed E-state index contributed by atoms with van der Waals surface area (Å²) in [6, 6.07) is 7.67. The van der Waals surface area contributed by atoms with Crippen molar-refractivity contribution in [1.29, 1.82) is 0 Å². The fourth-order valence-corrected chi connectivity index (χ4v) is 4.35. The van der Waals surface area contributed by atoms with E-state index in [9.17, 15) is 9.59 Å². The summed E-state index contributed by atoms with van der Waals surface area (Å²) in [5.41, 5.74) is 4.72. The van der Waals surface area contributed by atoms with Crippen molar-refractivity contribution in [2.75, 3.05) is 44.3 Å². The first-order valence-corrected chi connectivity index (χ1v) is 11.4. The normalized spacial score (nSPS) is 19.2. The number of ether oxygens (including phenoxy) is 1. The average Bonchev–Trinajstić information content (AvgIpc) is 3.34. The zero-order valence-electron chi connectivity index (χ0n) is 18.7. The molecule has 3 aromatic rings. The van der Waals surface area contributed by atoms with Crippen LogP contribution in [0, 0.1) is 6.92 Å². The van der Waals surface area contributed by atoms with Gasteiger partial charge in [0.2, 0.25) is 0 Å². The number of carbonyl (C=O) groups excluding carboxylic acids is 1. The molecule has 172 valence electrons. The highest BCUT2D eigenvalue weighted by Gasteiger charge is 2.21. The van der Waals surface area contributed by atoms with E-state index in [0.29, 0.717) is 24.5 Å². The number of rotatable bonds is 5. The van der Waals surface area contributed by atoms with Gasteiger partial charge in [-0.05, 0) is 43.2 Å². The number of aromatic nitrogens is 3. The van der Waals surface area contributed by atoms with Gasteiger partial charge in [-0.25, -0.2) is 4.98 Å². The van der Waals surface area contributed by atoms with E-state index in [2.05, 4.69) is 30.1 Å². The predicted octanol–water partition coefficient (Wildman–Crippen LogP) is 1.47. The van der Waals surface area contributed by atoms with Crippen LogP contribution in [0.1, 0.15) is 28.0 Å². The van der Waals surface area contributed by atoms with Crippen LogP contribution in [-0.2, 0) is 11.3 Å². The molecular formula is C24H28N6O3. The van der Waals surface area contributed by atoms with Gasteiger partial charge in [0.25, 0.3) is 11.5 Å². The smallest absolute Gasteiger partial charge is 0.270 e. The first kappa shape index (κ1) is 21.5. The topological polar surface area (TPSA) is 103 Å². The molecule has 9 heteroatoms. The van der Waals surface area contributed by atoms with Crippen LogP contribution < -0.4 is 15.8 Å². The van der Waals surface area contributed by atoms with Crippen LogP contribution in [0.15, 0.2) is 41.5 Å². The molecule has 33 heavy (non-hydrogen) atoms. The molecule has 0 unspecified atom stereocenters. The fraction of sp³-hybridized carbons (Fsp3) is 0.417. The highest BCUT2D eigenvalue weighted by molar-refractivity contribution is 5.92. The van der Waals surface area contributed by atoms with E-state index >= 15 is 0 Å². The number of H-pyrrole nitrogens is 1. The van der Waals surface area contributed by atoms with Gasteiger partial charge in [0, 0.05) is 51.1 Å². The fourth-order valence-electron chi connectivity index (χ4n) is 4.35. The Balaban J connectivity index is 1.16. The lowest BCUT2D eigenvalue weighted by atomic mass is 10.2. The number of fused-ring (bicyclic) bond motifs is 1. The standard InChI is InChI=1S/C24H28N6O3/c1-16-10-21-22(28-23(16)31)11-17(12-25-21)14-29-5-7-30(8-6-29)19-2-3-20(26-13-19)24(32)27-18-4-9-33-15-18/h2-3,10-13,18H,4-9,14-15H2,1H3,(H,27,32)(H,28,31)/t18-/m1/s1. The van der Waals surface area contributed by atoms with Gasteiger partial charge in [0.1, 0.15) is 5.69 Å². The minimum Gasteiger partial charge on any atom is -0.379 e. The second-order valence-electron chi connectivity index (χ2n) is 8.76. The molecule has 1 atom stereocenters. The quantitative estimate of drug-likeness (QED) is 0.609. The Kier molecular flexibility index (Phi) is 6.06. The monoisotopic (exact) mass is 448 g/mol. The largest absolute Gasteiger partial charge is 0.379 e. The third-order valence-electron chi connectivity index (χ3n) is 6.32. The maximum absolute atomic E-state index is 12.3. The number of nitrogens with one attached hydrogen (secondary N) is 2. The molecule has 3 aromatic heterocycles. The summed E-state index contributed by atoms with van der Waals surface area (Å²) in [5.74, 6) is -0.151. The lowest BCUT2D eigenvalue weighted by molar-refractivity contribution is 0.0925. The number of pyridine rings is 3. The molecule has 2 aliphatic rings. The Morgan fingerprint density at radius 2 is 2.03 bits per heavy atom. The van der Waals surface area contributed by atoms with E-state index < -0.39 is 0 Å². The maximum atomic E-state index is 12.3. The molecule has 0 radical (unpaired) electrons. The average molecular weight is 449 g/mol. The minimum absolute atomic E-state index is 0.0697. The lowest BCUT2D eigenvalue weighted by Gasteiger charge is -2.36. The molecule has 0 bridgehead atoms. The Hall–Kier alpha value is -3.30. The molecule has 0 saturated carbocycles. The number of aromatic amines is 1. The number of hydrogen-bond donors (Lipinski definition) is 2. The summed E-state index contributed by atoms with van der Waals surface area (Å²) < 4.78 is 5.30. The molecule has 5 heterocycles. The predicted molar refractivity (Wildman–Crippen MR) is 126 cm³/mol. The van der Waals surface area contributed by atoms with Gasteiger partial charge in [-0.3, -0.25) is 19.5 Å². The minimum atomic E-state index is -0.151. The van der Waals surface area contributed by atoms with E-state index in [1.807, 2.05) is 24.4 Å². The Morgan fingerprint density at radius 1 is 1.18 bits per heavy atom. The van der Waals surface area contributed by atoms with E-state index in [1.54, 1.807) is 19.2 Å². The van der Waals surface area contributed by atoms with Crippen LogP contribution >= 0.6 is 0 Å².